The summed E-state index contributed by atoms with van der Waals surface area (Å²) < 4.78 is 45.3. The largest absolute Gasteiger partial charge is 0.422 e. The molecule has 0 spiro atoms. The molecule has 0 saturated heterocycles. The molecule has 0 fully saturated rings. The van der Waals surface area contributed by atoms with Gasteiger partial charge in [-0.2, -0.15) is 0 Å². The molecular weight excluding hydrogens is 385 g/mol. The maximum absolute atomic E-state index is 13.7. The van der Waals surface area contributed by atoms with Gasteiger partial charge in [0.2, 0.25) is 5.91 Å². The summed E-state index contributed by atoms with van der Waals surface area (Å²) in [5, 5.41) is 2.97. The predicted octanol–water partition coefficient (Wildman–Crippen LogP) is 3.90. The number of rotatable bonds is 5. The maximum atomic E-state index is 13.7. The molecule has 0 bridgehead atoms. The van der Waals surface area contributed by atoms with E-state index < -0.39 is 34.7 Å². The Balaban J connectivity index is 1.77. The Morgan fingerprint density at radius 2 is 1.83 bits per heavy atom. The molecule has 0 radical (unpaired) electrons. The van der Waals surface area contributed by atoms with Crippen LogP contribution in [0.5, 0.6) is 0 Å². The van der Waals surface area contributed by atoms with Gasteiger partial charge in [-0.1, -0.05) is 12.1 Å². The lowest BCUT2D eigenvalue weighted by Crippen LogP contribution is -2.30. The monoisotopic (exact) mass is 404 g/mol. The fraction of sp³-hybridized carbons (Fsp3) is 0.238. The lowest BCUT2D eigenvalue weighted by Gasteiger charge is -2.18. The van der Waals surface area contributed by atoms with Crippen molar-refractivity contribution in [2.75, 3.05) is 18.9 Å². The zero-order chi connectivity index (χ0) is 21.3. The number of anilines is 1. The van der Waals surface area contributed by atoms with Crippen LogP contribution in [0.15, 0.2) is 39.5 Å². The molecule has 0 saturated carbocycles. The van der Waals surface area contributed by atoms with Gasteiger partial charge in [0.05, 0.1) is 12.2 Å². The lowest BCUT2D eigenvalue weighted by atomic mass is 10.0. The van der Waals surface area contributed by atoms with Crippen molar-refractivity contribution in [2.24, 2.45) is 0 Å². The van der Waals surface area contributed by atoms with Gasteiger partial charge >= 0.3 is 5.63 Å². The van der Waals surface area contributed by atoms with Crippen LogP contribution >= 0.6 is 0 Å². The number of fused-ring (bicyclic) bond motifs is 1. The van der Waals surface area contributed by atoms with Crippen molar-refractivity contribution in [2.45, 2.75) is 20.4 Å². The first-order valence-corrected chi connectivity index (χ1v) is 8.82. The van der Waals surface area contributed by atoms with Crippen molar-refractivity contribution in [1.29, 1.82) is 0 Å². The highest BCUT2D eigenvalue weighted by atomic mass is 19.2. The van der Waals surface area contributed by atoms with E-state index in [9.17, 15) is 22.8 Å². The number of benzene rings is 2. The maximum Gasteiger partial charge on any atom is 0.336 e. The molecule has 29 heavy (non-hydrogen) atoms. The van der Waals surface area contributed by atoms with E-state index in [0.29, 0.717) is 11.1 Å². The Morgan fingerprint density at radius 3 is 2.55 bits per heavy atom. The average molecular weight is 404 g/mol. The van der Waals surface area contributed by atoms with E-state index in [4.69, 9.17) is 4.42 Å². The molecular formula is C21H19F3N2O3. The molecule has 1 amide bonds. The number of halogens is 3. The van der Waals surface area contributed by atoms with Crippen molar-refractivity contribution in [3.05, 3.63) is 74.9 Å². The number of aryl methyl sites for hydroxylation is 2. The van der Waals surface area contributed by atoms with Crippen molar-refractivity contribution in [3.63, 3.8) is 0 Å². The van der Waals surface area contributed by atoms with Gasteiger partial charge in [-0.15, -0.1) is 0 Å². The Kier molecular flexibility index (Phi) is 5.74. The van der Waals surface area contributed by atoms with E-state index >= 15 is 0 Å². The minimum absolute atomic E-state index is 0.162. The first-order chi connectivity index (χ1) is 13.7. The first kappa shape index (κ1) is 20.6. The Bertz CT molecular complexity index is 1160. The molecule has 2 aromatic carbocycles. The first-order valence-electron chi connectivity index (χ1n) is 8.82. The summed E-state index contributed by atoms with van der Waals surface area (Å²) in [7, 11) is 1.64. The second-order valence-electron chi connectivity index (χ2n) is 6.92. The molecule has 0 aliphatic rings. The minimum Gasteiger partial charge on any atom is -0.422 e. The molecule has 3 aromatic rings. The molecule has 0 atom stereocenters. The summed E-state index contributed by atoms with van der Waals surface area (Å²) in [5.41, 5.74) is 2.07. The number of amides is 1. The van der Waals surface area contributed by atoms with Crippen molar-refractivity contribution in [3.8, 4) is 0 Å². The topological polar surface area (TPSA) is 62.6 Å². The third-order valence-electron chi connectivity index (χ3n) is 4.68. The van der Waals surface area contributed by atoms with Crippen LogP contribution in [0.3, 0.4) is 0 Å². The van der Waals surface area contributed by atoms with Crippen molar-refractivity contribution in [1.82, 2.24) is 4.90 Å². The number of nitrogens with one attached hydrogen (secondary N) is 1. The molecule has 0 aliphatic carbocycles. The zero-order valence-electron chi connectivity index (χ0n) is 16.1. The summed E-state index contributed by atoms with van der Waals surface area (Å²) in [4.78, 5) is 25.7. The number of carbonyl (C=O) groups is 1. The quantitative estimate of drug-likeness (QED) is 0.518. The summed E-state index contributed by atoms with van der Waals surface area (Å²) in [5.74, 6) is -5.06. The van der Waals surface area contributed by atoms with E-state index in [1.807, 2.05) is 26.0 Å². The standard InChI is InChI=1S/C21H19F3N2O3/c1-11-4-5-14-13(8-18(28)29-21(14)12(11)2)9-26(3)10-17(27)25-16-7-6-15(22)19(23)20(16)24/h4-8H,9-10H2,1-3H3,(H,25,27). The number of likely N-dealkylation sites (N-methyl/N-ethyl adjacent to an activating group) is 1. The van der Waals surface area contributed by atoms with Crippen LogP contribution in [0.2, 0.25) is 0 Å². The van der Waals surface area contributed by atoms with Crippen molar-refractivity contribution < 1.29 is 22.4 Å². The minimum atomic E-state index is -1.65. The third kappa shape index (κ3) is 4.32. The number of hydrogen-bond acceptors (Lipinski definition) is 4. The van der Waals surface area contributed by atoms with Gasteiger partial charge in [-0.05, 0) is 49.7 Å². The highest BCUT2D eigenvalue weighted by Gasteiger charge is 2.17. The number of carbonyl (C=O) groups excluding carboxylic acids is 1. The van der Waals surface area contributed by atoms with E-state index in [1.54, 1.807) is 11.9 Å². The van der Waals surface area contributed by atoms with Crippen molar-refractivity contribution >= 4 is 22.6 Å². The highest BCUT2D eigenvalue weighted by Crippen LogP contribution is 2.24. The van der Waals surface area contributed by atoms with Crippen LogP contribution in [0.25, 0.3) is 11.0 Å². The summed E-state index contributed by atoms with van der Waals surface area (Å²) in [6.07, 6.45) is 0. The highest BCUT2D eigenvalue weighted by molar-refractivity contribution is 5.92. The molecule has 152 valence electrons. The smallest absolute Gasteiger partial charge is 0.336 e. The van der Waals surface area contributed by atoms with Gasteiger partial charge < -0.3 is 9.73 Å². The molecule has 1 aromatic heterocycles. The van der Waals surface area contributed by atoms with Gasteiger partial charge in [0.15, 0.2) is 17.5 Å². The van der Waals surface area contributed by atoms with E-state index in [1.165, 1.54) is 6.07 Å². The fourth-order valence-electron chi connectivity index (χ4n) is 3.06. The Morgan fingerprint density at radius 1 is 1.10 bits per heavy atom. The molecule has 1 heterocycles. The van der Waals surface area contributed by atoms with E-state index in [2.05, 4.69) is 5.32 Å². The van der Waals surface area contributed by atoms with Crippen LogP contribution in [0, 0.1) is 31.3 Å². The van der Waals surface area contributed by atoms with Gasteiger partial charge in [0.25, 0.3) is 0 Å². The molecule has 0 unspecified atom stereocenters. The van der Waals surface area contributed by atoms with Crippen LogP contribution in [0.4, 0.5) is 18.9 Å². The summed E-state index contributed by atoms with van der Waals surface area (Å²) >= 11 is 0. The summed E-state index contributed by atoms with van der Waals surface area (Å²) in [6.45, 7) is 3.86. The van der Waals surface area contributed by atoms with E-state index in [-0.39, 0.29) is 13.1 Å². The molecule has 8 heteroatoms. The predicted molar refractivity (Wildman–Crippen MR) is 103 cm³/mol. The fourth-order valence-corrected chi connectivity index (χ4v) is 3.06. The van der Waals surface area contributed by atoms with Crippen LogP contribution in [0.1, 0.15) is 16.7 Å². The normalized spacial score (nSPS) is 11.3. The number of hydrogen-bond donors (Lipinski definition) is 1. The second-order valence-corrected chi connectivity index (χ2v) is 6.92. The third-order valence-corrected chi connectivity index (χ3v) is 4.68. The molecule has 1 N–H and O–H groups in total. The molecule has 0 aliphatic heterocycles. The van der Waals surface area contributed by atoms with Crippen LogP contribution in [-0.4, -0.2) is 24.4 Å². The molecule has 3 rings (SSSR count). The average Bonchev–Trinajstić information content (AvgIpc) is 2.65. The van der Waals surface area contributed by atoms with Gasteiger partial charge in [-0.3, -0.25) is 9.69 Å². The van der Waals surface area contributed by atoms with Gasteiger partial charge in [0, 0.05) is 18.0 Å². The van der Waals surface area contributed by atoms with Crippen LogP contribution < -0.4 is 10.9 Å². The van der Waals surface area contributed by atoms with E-state index in [0.717, 1.165) is 28.6 Å². The lowest BCUT2D eigenvalue weighted by molar-refractivity contribution is -0.117. The Labute approximate surface area is 164 Å². The Hall–Kier alpha value is -3.13. The SMILES string of the molecule is Cc1ccc2c(CN(C)CC(=O)Nc3ccc(F)c(F)c3F)cc(=O)oc2c1C. The molecule has 5 nitrogen and oxygen atoms in total. The van der Waals surface area contributed by atoms with Crippen LogP contribution in [-0.2, 0) is 11.3 Å². The number of nitrogens with zero attached hydrogens (tertiary/aromatic N) is 1. The zero-order valence-corrected chi connectivity index (χ0v) is 16.1. The second kappa shape index (κ2) is 8.08. The van der Waals surface area contributed by atoms with Gasteiger partial charge in [0.1, 0.15) is 5.58 Å². The van der Waals surface area contributed by atoms with Gasteiger partial charge in [-0.25, -0.2) is 18.0 Å². The summed E-state index contributed by atoms with van der Waals surface area (Å²) in [6, 6.07) is 6.81.